The van der Waals surface area contributed by atoms with Gasteiger partial charge in [-0.1, -0.05) is 13.3 Å². The van der Waals surface area contributed by atoms with Crippen LogP contribution in [-0.4, -0.2) is 33.6 Å². The predicted octanol–water partition coefficient (Wildman–Crippen LogP) is 3.08. The Bertz CT molecular complexity index is 448. The summed E-state index contributed by atoms with van der Waals surface area (Å²) in [5, 5.41) is 6.59. The van der Waals surface area contributed by atoms with Gasteiger partial charge in [-0.3, -0.25) is 0 Å². The van der Waals surface area contributed by atoms with Gasteiger partial charge in [-0.2, -0.15) is 15.0 Å². The van der Waals surface area contributed by atoms with Crippen molar-refractivity contribution in [2.75, 3.05) is 17.2 Å². The number of ether oxygens (including phenoxy) is 1. The number of aromatic nitrogens is 3. The third kappa shape index (κ3) is 4.72. The van der Waals surface area contributed by atoms with Crippen LogP contribution in [0.25, 0.3) is 0 Å². The van der Waals surface area contributed by atoms with E-state index >= 15 is 0 Å². The number of anilines is 2. The van der Waals surface area contributed by atoms with Crippen molar-refractivity contribution < 1.29 is 4.74 Å². The van der Waals surface area contributed by atoms with Crippen molar-refractivity contribution in [3.8, 4) is 6.01 Å². The minimum atomic E-state index is 0.0448. The van der Waals surface area contributed by atoms with E-state index in [1.54, 1.807) is 0 Å². The maximum atomic E-state index is 5.62. The average molecular weight is 293 g/mol. The first-order valence-electron chi connectivity index (χ1n) is 8.01. The van der Waals surface area contributed by atoms with E-state index in [0.717, 1.165) is 18.9 Å². The van der Waals surface area contributed by atoms with Crippen molar-refractivity contribution >= 4 is 11.9 Å². The van der Waals surface area contributed by atoms with E-state index in [-0.39, 0.29) is 6.10 Å². The molecule has 6 nitrogen and oxygen atoms in total. The number of hydrogen-bond acceptors (Lipinski definition) is 6. The molecule has 0 aliphatic heterocycles. The molecule has 2 N–H and O–H groups in total. The summed E-state index contributed by atoms with van der Waals surface area (Å²) in [6.07, 6.45) is 4.97. The maximum absolute atomic E-state index is 5.62. The molecule has 2 rings (SSSR count). The van der Waals surface area contributed by atoms with Crippen molar-refractivity contribution in [2.24, 2.45) is 5.92 Å². The fourth-order valence-corrected chi connectivity index (χ4v) is 2.26. The molecule has 0 radical (unpaired) electrons. The van der Waals surface area contributed by atoms with Gasteiger partial charge >= 0.3 is 6.01 Å². The Morgan fingerprint density at radius 2 is 1.86 bits per heavy atom. The fraction of sp³-hybridized carbons (Fsp3) is 0.800. The van der Waals surface area contributed by atoms with Crippen LogP contribution in [0.15, 0.2) is 0 Å². The van der Waals surface area contributed by atoms with E-state index in [1.807, 2.05) is 13.8 Å². The first-order chi connectivity index (χ1) is 10.1. The second kappa shape index (κ2) is 7.43. The summed E-state index contributed by atoms with van der Waals surface area (Å²) >= 11 is 0. The van der Waals surface area contributed by atoms with Gasteiger partial charge in [0.2, 0.25) is 11.9 Å². The zero-order valence-electron chi connectivity index (χ0n) is 13.5. The standard InChI is InChI=1S/C15H27N5O/c1-5-9-16-13-18-14(17-11(4)12-7-6-8-12)20-15(19-13)21-10(2)3/h10-12H,5-9H2,1-4H3,(H2,16,17,18,19,20). The lowest BCUT2D eigenvalue weighted by Crippen LogP contribution is -2.31. The Morgan fingerprint density at radius 1 is 1.14 bits per heavy atom. The molecule has 1 saturated carbocycles. The van der Waals surface area contributed by atoms with Crippen LogP contribution >= 0.6 is 0 Å². The molecule has 1 fully saturated rings. The average Bonchev–Trinajstić information content (AvgIpc) is 2.32. The van der Waals surface area contributed by atoms with Gasteiger partial charge in [-0.05, 0) is 46.0 Å². The van der Waals surface area contributed by atoms with Crippen LogP contribution in [0.3, 0.4) is 0 Å². The van der Waals surface area contributed by atoms with Gasteiger partial charge in [0.25, 0.3) is 0 Å². The van der Waals surface area contributed by atoms with Gasteiger partial charge in [0.1, 0.15) is 0 Å². The molecule has 1 unspecified atom stereocenters. The van der Waals surface area contributed by atoms with Gasteiger partial charge in [-0.15, -0.1) is 0 Å². The van der Waals surface area contributed by atoms with Crippen LogP contribution < -0.4 is 15.4 Å². The summed E-state index contributed by atoms with van der Waals surface area (Å²) in [7, 11) is 0. The normalized spacial score (nSPS) is 16.4. The third-order valence-electron chi connectivity index (χ3n) is 3.70. The lowest BCUT2D eigenvalue weighted by atomic mass is 9.80. The van der Waals surface area contributed by atoms with Crippen LogP contribution in [0.2, 0.25) is 0 Å². The molecule has 0 saturated heterocycles. The molecule has 0 amide bonds. The molecule has 1 aliphatic rings. The van der Waals surface area contributed by atoms with E-state index in [2.05, 4.69) is 39.4 Å². The Labute approximate surface area is 127 Å². The zero-order chi connectivity index (χ0) is 15.2. The highest BCUT2D eigenvalue weighted by molar-refractivity contribution is 5.36. The molecule has 21 heavy (non-hydrogen) atoms. The number of nitrogens with zero attached hydrogens (tertiary/aromatic N) is 3. The van der Waals surface area contributed by atoms with E-state index in [4.69, 9.17) is 4.74 Å². The van der Waals surface area contributed by atoms with Gasteiger partial charge in [0.15, 0.2) is 0 Å². The molecule has 1 aromatic rings. The summed E-state index contributed by atoms with van der Waals surface area (Å²) in [5.41, 5.74) is 0. The van der Waals surface area contributed by atoms with Crippen molar-refractivity contribution in [1.82, 2.24) is 15.0 Å². The highest BCUT2D eigenvalue weighted by Gasteiger charge is 2.24. The lowest BCUT2D eigenvalue weighted by Gasteiger charge is -2.31. The second-order valence-corrected chi connectivity index (χ2v) is 5.98. The van der Waals surface area contributed by atoms with Crippen molar-refractivity contribution in [1.29, 1.82) is 0 Å². The molecule has 118 valence electrons. The Balaban J connectivity index is 2.09. The number of hydrogen-bond donors (Lipinski definition) is 2. The van der Waals surface area contributed by atoms with Gasteiger partial charge < -0.3 is 15.4 Å². The second-order valence-electron chi connectivity index (χ2n) is 5.98. The minimum Gasteiger partial charge on any atom is -0.461 e. The maximum Gasteiger partial charge on any atom is 0.323 e. The first-order valence-corrected chi connectivity index (χ1v) is 8.01. The Hall–Kier alpha value is -1.59. The van der Waals surface area contributed by atoms with Crippen LogP contribution in [0.1, 0.15) is 53.4 Å². The lowest BCUT2D eigenvalue weighted by molar-refractivity contribution is 0.222. The summed E-state index contributed by atoms with van der Waals surface area (Å²) in [6, 6.07) is 0.758. The molecule has 1 aliphatic carbocycles. The largest absolute Gasteiger partial charge is 0.461 e. The molecule has 1 atom stereocenters. The number of nitrogens with one attached hydrogen (secondary N) is 2. The fourth-order valence-electron chi connectivity index (χ4n) is 2.26. The predicted molar refractivity (Wildman–Crippen MR) is 84.8 cm³/mol. The Kier molecular flexibility index (Phi) is 5.59. The summed E-state index contributed by atoms with van der Waals surface area (Å²) in [4.78, 5) is 13.1. The molecule has 0 bridgehead atoms. The molecule has 0 spiro atoms. The molecule has 6 heteroatoms. The van der Waals surface area contributed by atoms with Crippen molar-refractivity contribution in [3.63, 3.8) is 0 Å². The minimum absolute atomic E-state index is 0.0448. The van der Waals surface area contributed by atoms with Gasteiger partial charge in [0.05, 0.1) is 6.10 Å². The third-order valence-corrected chi connectivity index (χ3v) is 3.70. The van der Waals surface area contributed by atoms with Crippen LogP contribution in [0.4, 0.5) is 11.9 Å². The van der Waals surface area contributed by atoms with Gasteiger partial charge in [-0.25, -0.2) is 0 Å². The monoisotopic (exact) mass is 293 g/mol. The summed E-state index contributed by atoms with van der Waals surface area (Å²) < 4.78 is 5.62. The van der Waals surface area contributed by atoms with E-state index in [1.165, 1.54) is 19.3 Å². The summed E-state index contributed by atoms with van der Waals surface area (Å²) in [5.74, 6) is 1.90. The molecule has 0 aromatic carbocycles. The van der Waals surface area contributed by atoms with Crippen LogP contribution in [0.5, 0.6) is 6.01 Å². The quantitative estimate of drug-likeness (QED) is 0.767. The Morgan fingerprint density at radius 3 is 2.43 bits per heavy atom. The van der Waals surface area contributed by atoms with E-state index in [0.29, 0.717) is 23.9 Å². The highest BCUT2D eigenvalue weighted by Crippen LogP contribution is 2.30. The van der Waals surface area contributed by atoms with Crippen molar-refractivity contribution in [3.05, 3.63) is 0 Å². The van der Waals surface area contributed by atoms with E-state index in [9.17, 15) is 0 Å². The van der Waals surface area contributed by atoms with Crippen LogP contribution in [0, 0.1) is 5.92 Å². The topological polar surface area (TPSA) is 72.0 Å². The highest BCUT2D eigenvalue weighted by atomic mass is 16.5. The molecular weight excluding hydrogens is 266 g/mol. The van der Waals surface area contributed by atoms with Gasteiger partial charge in [0, 0.05) is 12.6 Å². The SMILES string of the molecule is CCCNc1nc(NC(C)C2CCC2)nc(OC(C)C)n1. The van der Waals surface area contributed by atoms with Crippen LogP contribution in [-0.2, 0) is 0 Å². The molecule has 1 aromatic heterocycles. The zero-order valence-corrected chi connectivity index (χ0v) is 13.5. The van der Waals surface area contributed by atoms with E-state index < -0.39 is 0 Å². The summed E-state index contributed by atoms with van der Waals surface area (Å²) in [6.45, 7) is 9.07. The first kappa shape index (κ1) is 15.8. The molecular formula is C15H27N5O. The molecule has 1 heterocycles. The van der Waals surface area contributed by atoms with Crippen molar-refractivity contribution in [2.45, 2.75) is 65.5 Å². The smallest absolute Gasteiger partial charge is 0.323 e. The number of rotatable bonds is 8.